The minimum atomic E-state index is -0.564. The number of nitrogens with one attached hydrogen (secondary N) is 1. The van der Waals surface area contributed by atoms with Crippen LogP contribution in [0, 0.1) is 6.92 Å². The van der Waals surface area contributed by atoms with Gasteiger partial charge in [-0.15, -0.1) is 0 Å². The first-order valence-electron chi connectivity index (χ1n) is 8.69. The molecule has 0 spiro atoms. The third-order valence-corrected chi connectivity index (χ3v) is 4.84. The highest BCUT2D eigenvalue weighted by molar-refractivity contribution is 6.06. The van der Waals surface area contributed by atoms with Crippen molar-refractivity contribution >= 4 is 22.4 Å². The highest BCUT2D eigenvalue weighted by atomic mass is 16.5. The summed E-state index contributed by atoms with van der Waals surface area (Å²) in [7, 11) is 0. The lowest BCUT2D eigenvalue weighted by Gasteiger charge is -2.16. The van der Waals surface area contributed by atoms with Crippen LogP contribution in [0.5, 0.6) is 5.75 Å². The van der Waals surface area contributed by atoms with E-state index in [9.17, 15) is 4.79 Å². The summed E-state index contributed by atoms with van der Waals surface area (Å²) in [5.74, 6) is 0.563. The van der Waals surface area contributed by atoms with Gasteiger partial charge in [-0.1, -0.05) is 42.0 Å². The number of aryl methyl sites for hydroxylation is 3. The lowest BCUT2D eigenvalue weighted by atomic mass is 10.0. The van der Waals surface area contributed by atoms with Gasteiger partial charge in [-0.2, -0.15) is 0 Å². The van der Waals surface area contributed by atoms with Crippen molar-refractivity contribution in [3.63, 3.8) is 0 Å². The van der Waals surface area contributed by atoms with Crippen molar-refractivity contribution in [3.8, 4) is 5.75 Å². The topological polar surface area (TPSA) is 38.3 Å². The van der Waals surface area contributed by atoms with Gasteiger partial charge < -0.3 is 10.1 Å². The van der Waals surface area contributed by atoms with E-state index >= 15 is 0 Å². The van der Waals surface area contributed by atoms with Crippen LogP contribution in [0.1, 0.15) is 23.6 Å². The Bertz CT molecular complexity index is 934. The largest absolute Gasteiger partial charge is 0.481 e. The van der Waals surface area contributed by atoms with Crippen LogP contribution in [-0.4, -0.2) is 12.0 Å². The zero-order valence-electron chi connectivity index (χ0n) is 14.5. The second-order valence-corrected chi connectivity index (χ2v) is 6.67. The van der Waals surface area contributed by atoms with Crippen LogP contribution in [0.25, 0.3) is 10.8 Å². The van der Waals surface area contributed by atoms with Gasteiger partial charge in [0.15, 0.2) is 6.10 Å². The Morgan fingerprint density at radius 2 is 1.72 bits per heavy atom. The molecule has 0 bridgehead atoms. The number of amides is 1. The maximum absolute atomic E-state index is 12.6. The number of ether oxygens (including phenoxy) is 1. The van der Waals surface area contributed by atoms with Crippen LogP contribution in [0.4, 0.5) is 5.69 Å². The number of anilines is 1. The quantitative estimate of drug-likeness (QED) is 0.755. The number of carbonyl (C=O) groups is 1. The molecule has 1 atom stereocenters. The fourth-order valence-corrected chi connectivity index (χ4v) is 3.46. The zero-order valence-corrected chi connectivity index (χ0v) is 14.5. The molecule has 0 heterocycles. The molecule has 25 heavy (non-hydrogen) atoms. The van der Waals surface area contributed by atoms with Gasteiger partial charge in [0.1, 0.15) is 5.75 Å². The molecule has 3 nitrogen and oxygen atoms in total. The molecule has 0 radical (unpaired) electrons. The van der Waals surface area contributed by atoms with E-state index in [1.165, 1.54) is 16.5 Å². The number of hydrogen-bond acceptors (Lipinski definition) is 2. The van der Waals surface area contributed by atoms with Gasteiger partial charge in [0.2, 0.25) is 0 Å². The second kappa shape index (κ2) is 6.25. The predicted octanol–water partition coefficient (Wildman–Crippen LogP) is 4.65. The molecule has 4 rings (SSSR count). The number of hydrogen-bond donors (Lipinski definition) is 1. The molecule has 0 unspecified atom stereocenters. The predicted molar refractivity (Wildman–Crippen MR) is 101 cm³/mol. The smallest absolute Gasteiger partial charge is 0.265 e. The summed E-state index contributed by atoms with van der Waals surface area (Å²) < 4.78 is 5.76. The third kappa shape index (κ3) is 2.98. The van der Waals surface area contributed by atoms with Crippen LogP contribution in [0.2, 0.25) is 0 Å². The van der Waals surface area contributed by atoms with Gasteiger partial charge in [0, 0.05) is 11.1 Å². The van der Waals surface area contributed by atoms with Crippen molar-refractivity contribution < 1.29 is 9.53 Å². The Labute approximate surface area is 147 Å². The summed E-state index contributed by atoms with van der Waals surface area (Å²) in [6.07, 6.45) is 1.60. The van der Waals surface area contributed by atoms with Gasteiger partial charge in [0.05, 0.1) is 0 Å². The fourth-order valence-electron chi connectivity index (χ4n) is 3.46. The molecule has 1 N–H and O–H groups in total. The second-order valence-electron chi connectivity index (χ2n) is 6.67. The van der Waals surface area contributed by atoms with Crippen LogP contribution in [-0.2, 0) is 17.6 Å². The highest BCUT2D eigenvalue weighted by Gasteiger charge is 2.19. The first-order chi connectivity index (χ1) is 12.1. The summed E-state index contributed by atoms with van der Waals surface area (Å²) in [6, 6.07) is 18.2. The number of rotatable bonds is 4. The first-order valence-corrected chi connectivity index (χ1v) is 8.69. The van der Waals surface area contributed by atoms with Crippen LogP contribution >= 0.6 is 0 Å². The molecule has 1 aliphatic carbocycles. The number of benzene rings is 3. The lowest BCUT2D eigenvalue weighted by Crippen LogP contribution is -2.30. The molecular formula is C22H21NO2. The van der Waals surface area contributed by atoms with E-state index in [1.54, 1.807) is 6.92 Å². The fraction of sp³-hybridized carbons (Fsp3) is 0.227. The van der Waals surface area contributed by atoms with E-state index in [1.807, 2.05) is 37.3 Å². The molecule has 1 aliphatic rings. The van der Waals surface area contributed by atoms with E-state index in [0.717, 1.165) is 29.5 Å². The van der Waals surface area contributed by atoms with Gasteiger partial charge >= 0.3 is 0 Å². The van der Waals surface area contributed by atoms with Crippen LogP contribution < -0.4 is 10.1 Å². The average Bonchev–Trinajstić information content (AvgIpc) is 3.04. The Hall–Kier alpha value is -2.81. The molecule has 126 valence electrons. The first kappa shape index (κ1) is 15.7. The summed E-state index contributed by atoms with van der Waals surface area (Å²) in [4.78, 5) is 12.6. The lowest BCUT2D eigenvalue weighted by molar-refractivity contribution is -0.122. The normalized spacial score (nSPS) is 13.7. The Kier molecular flexibility index (Phi) is 3.92. The van der Waals surface area contributed by atoms with E-state index in [4.69, 9.17) is 4.74 Å². The third-order valence-electron chi connectivity index (χ3n) is 4.84. The van der Waals surface area contributed by atoms with Gasteiger partial charge in [-0.3, -0.25) is 4.79 Å². The summed E-state index contributed by atoms with van der Waals surface area (Å²) in [5.41, 5.74) is 4.75. The SMILES string of the molecule is Cc1ccc(O[C@H](C)C(=O)Nc2ccc3c4c(cccc24)CC3)cc1. The van der Waals surface area contributed by atoms with Crippen molar-refractivity contribution in [3.05, 3.63) is 71.3 Å². The number of carbonyl (C=O) groups excluding carboxylic acids is 1. The Morgan fingerprint density at radius 3 is 2.48 bits per heavy atom. The summed E-state index contributed by atoms with van der Waals surface area (Å²) in [5, 5.41) is 5.45. The minimum absolute atomic E-state index is 0.140. The van der Waals surface area contributed by atoms with Crippen molar-refractivity contribution in [2.24, 2.45) is 0 Å². The van der Waals surface area contributed by atoms with Crippen LogP contribution in [0.15, 0.2) is 54.6 Å². The van der Waals surface area contributed by atoms with Gasteiger partial charge in [-0.05, 0) is 61.4 Å². The van der Waals surface area contributed by atoms with Gasteiger partial charge in [-0.25, -0.2) is 0 Å². The average molecular weight is 331 g/mol. The Balaban J connectivity index is 1.55. The maximum atomic E-state index is 12.6. The van der Waals surface area contributed by atoms with E-state index < -0.39 is 6.10 Å². The standard InChI is InChI=1S/C22H21NO2/c1-14-6-11-18(12-7-14)25-15(2)22(24)23-20-13-10-17-9-8-16-4-3-5-19(20)21(16)17/h3-7,10-13,15H,8-9H2,1-2H3,(H,23,24)/t15-/m1/s1. The Morgan fingerprint density at radius 1 is 1.00 bits per heavy atom. The highest BCUT2D eigenvalue weighted by Crippen LogP contribution is 2.35. The molecule has 3 aromatic rings. The molecular weight excluding hydrogens is 310 g/mol. The van der Waals surface area contributed by atoms with E-state index in [2.05, 4.69) is 29.6 Å². The van der Waals surface area contributed by atoms with Crippen molar-refractivity contribution in [2.45, 2.75) is 32.8 Å². The van der Waals surface area contributed by atoms with E-state index in [-0.39, 0.29) is 5.91 Å². The summed E-state index contributed by atoms with van der Waals surface area (Å²) >= 11 is 0. The molecule has 0 aromatic heterocycles. The molecule has 0 saturated carbocycles. The maximum Gasteiger partial charge on any atom is 0.265 e. The molecule has 0 saturated heterocycles. The molecule has 3 aromatic carbocycles. The molecule has 3 heteroatoms. The van der Waals surface area contributed by atoms with Crippen molar-refractivity contribution in [1.82, 2.24) is 0 Å². The van der Waals surface area contributed by atoms with Crippen LogP contribution in [0.3, 0.4) is 0 Å². The molecule has 1 amide bonds. The molecule has 0 fully saturated rings. The van der Waals surface area contributed by atoms with E-state index in [0.29, 0.717) is 5.75 Å². The van der Waals surface area contributed by atoms with Crippen molar-refractivity contribution in [2.75, 3.05) is 5.32 Å². The molecule has 0 aliphatic heterocycles. The summed E-state index contributed by atoms with van der Waals surface area (Å²) in [6.45, 7) is 3.80. The zero-order chi connectivity index (χ0) is 17.4. The van der Waals surface area contributed by atoms with Gasteiger partial charge in [0.25, 0.3) is 5.91 Å². The van der Waals surface area contributed by atoms with Crippen molar-refractivity contribution in [1.29, 1.82) is 0 Å². The minimum Gasteiger partial charge on any atom is -0.481 e. The monoisotopic (exact) mass is 331 g/mol.